The average Bonchev–Trinajstić information content (AvgIpc) is 3.15. The van der Waals surface area contributed by atoms with Crippen LogP contribution in [0.2, 0.25) is 0 Å². The first-order valence-corrected chi connectivity index (χ1v) is 9.60. The number of hydrogen-bond donors (Lipinski definition) is 0. The number of piperidine rings is 1. The summed E-state index contributed by atoms with van der Waals surface area (Å²) < 4.78 is 6.69. The van der Waals surface area contributed by atoms with E-state index in [4.69, 9.17) is 4.74 Å². The summed E-state index contributed by atoms with van der Waals surface area (Å²) in [6, 6.07) is 0. The first-order chi connectivity index (χ1) is 13.2. The third kappa shape index (κ3) is 5.12. The lowest BCUT2D eigenvalue weighted by Gasteiger charge is -2.36. The minimum Gasteiger partial charge on any atom is -0.383 e. The molecule has 1 fully saturated rings. The van der Waals surface area contributed by atoms with Crippen LogP contribution in [0, 0.1) is 11.8 Å². The lowest BCUT2D eigenvalue weighted by Crippen LogP contribution is -2.44. The van der Waals surface area contributed by atoms with Gasteiger partial charge in [0.15, 0.2) is 0 Å². The zero-order chi connectivity index (χ0) is 19.1. The predicted molar refractivity (Wildman–Crippen MR) is 97.4 cm³/mol. The van der Waals surface area contributed by atoms with Crippen LogP contribution in [0.25, 0.3) is 0 Å². The molecule has 0 N–H and O–H groups in total. The summed E-state index contributed by atoms with van der Waals surface area (Å²) in [5, 5.41) is 10.9. The number of hydrogen-bond acceptors (Lipinski definition) is 6. The first-order valence-electron chi connectivity index (χ1n) is 9.60. The van der Waals surface area contributed by atoms with Crippen molar-refractivity contribution in [2.75, 3.05) is 39.9 Å². The van der Waals surface area contributed by atoms with E-state index in [2.05, 4.69) is 27.7 Å². The summed E-state index contributed by atoms with van der Waals surface area (Å²) in [6.45, 7) is 3.76. The Morgan fingerprint density at radius 2 is 2.07 bits per heavy atom. The van der Waals surface area contributed by atoms with Gasteiger partial charge in [-0.1, -0.05) is 12.2 Å². The number of nitrogens with zero attached hydrogens (tertiary/aromatic N) is 6. The highest BCUT2D eigenvalue weighted by Gasteiger charge is 2.34. The number of ether oxygens (including phenoxy) is 1. The van der Waals surface area contributed by atoms with Gasteiger partial charge in [0.25, 0.3) is 0 Å². The van der Waals surface area contributed by atoms with E-state index in [1.807, 2.05) is 9.80 Å². The van der Waals surface area contributed by atoms with E-state index in [9.17, 15) is 9.59 Å². The molecule has 1 saturated heterocycles. The minimum atomic E-state index is 0.0130. The van der Waals surface area contributed by atoms with Gasteiger partial charge < -0.3 is 14.5 Å². The van der Waals surface area contributed by atoms with Crippen molar-refractivity contribution in [2.24, 2.45) is 11.8 Å². The molecular formula is C18H28N6O3. The Morgan fingerprint density at radius 3 is 2.78 bits per heavy atom. The standard InChI is InChI=1S/C18H28N6O3/c1-27-13-12-23-8-3-2-4-16(18(23)26)15-5-9-22(10-6-15)17(25)7-11-24-14-19-20-21-24/h2-3,14-16H,4-13H2,1H3/t16-/m0/s1. The van der Waals surface area contributed by atoms with Crippen molar-refractivity contribution in [3.8, 4) is 0 Å². The van der Waals surface area contributed by atoms with Crippen LogP contribution in [-0.2, 0) is 20.9 Å². The molecule has 3 heterocycles. The summed E-state index contributed by atoms with van der Waals surface area (Å²) in [4.78, 5) is 29.1. The lowest BCUT2D eigenvalue weighted by atomic mass is 9.81. The maximum Gasteiger partial charge on any atom is 0.226 e. The Balaban J connectivity index is 1.49. The molecule has 2 amide bonds. The van der Waals surface area contributed by atoms with Gasteiger partial charge in [-0.2, -0.15) is 0 Å². The van der Waals surface area contributed by atoms with E-state index in [1.165, 1.54) is 6.33 Å². The first kappa shape index (κ1) is 19.5. The Labute approximate surface area is 159 Å². The number of aromatic nitrogens is 4. The molecule has 148 valence electrons. The molecule has 9 nitrogen and oxygen atoms in total. The number of carbonyl (C=O) groups is 2. The van der Waals surface area contributed by atoms with Crippen molar-refractivity contribution in [1.29, 1.82) is 0 Å². The number of carbonyl (C=O) groups excluding carboxylic acids is 2. The van der Waals surface area contributed by atoms with Gasteiger partial charge in [0.05, 0.1) is 13.2 Å². The molecule has 3 rings (SSSR count). The second-order valence-corrected chi connectivity index (χ2v) is 7.13. The smallest absolute Gasteiger partial charge is 0.226 e. The predicted octanol–water partition coefficient (Wildman–Crippen LogP) is 0.353. The molecule has 1 aromatic heterocycles. The number of amides is 2. The van der Waals surface area contributed by atoms with E-state index in [0.717, 1.165) is 19.3 Å². The van der Waals surface area contributed by atoms with Crippen molar-refractivity contribution in [2.45, 2.75) is 32.2 Å². The van der Waals surface area contributed by atoms with Gasteiger partial charge >= 0.3 is 0 Å². The summed E-state index contributed by atoms with van der Waals surface area (Å²) in [6.07, 6.45) is 8.65. The third-order valence-corrected chi connectivity index (χ3v) is 5.48. The SMILES string of the molecule is COCCN1CC=CC[C@@H](C2CCN(C(=O)CCn3cnnn3)CC2)C1=O. The second kappa shape index (κ2) is 9.59. The normalized spacial score (nSPS) is 21.5. The van der Waals surface area contributed by atoms with Crippen LogP contribution in [0.3, 0.4) is 0 Å². The van der Waals surface area contributed by atoms with E-state index < -0.39 is 0 Å². The van der Waals surface area contributed by atoms with Gasteiger partial charge in [-0.3, -0.25) is 9.59 Å². The summed E-state index contributed by atoms with van der Waals surface area (Å²) in [5.41, 5.74) is 0. The Morgan fingerprint density at radius 1 is 1.26 bits per heavy atom. The summed E-state index contributed by atoms with van der Waals surface area (Å²) >= 11 is 0. The van der Waals surface area contributed by atoms with Crippen molar-refractivity contribution in [3.63, 3.8) is 0 Å². The van der Waals surface area contributed by atoms with Crippen LogP contribution < -0.4 is 0 Å². The van der Waals surface area contributed by atoms with Crippen molar-refractivity contribution < 1.29 is 14.3 Å². The summed E-state index contributed by atoms with van der Waals surface area (Å²) in [5.74, 6) is 0.686. The van der Waals surface area contributed by atoms with E-state index in [1.54, 1.807) is 11.8 Å². The highest BCUT2D eigenvalue weighted by Crippen LogP contribution is 2.30. The fourth-order valence-corrected chi connectivity index (χ4v) is 3.87. The van der Waals surface area contributed by atoms with Gasteiger partial charge in [0, 0.05) is 45.6 Å². The van der Waals surface area contributed by atoms with Crippen molar-refractivity contribution in [3.05, 3.63) is 18.5 Å². The quantitative estimate of drug-likeness (QED) is 0.638. The molecule has 0 saturated carbocycles. The molecule has 9 heteroatoms. The summed E-state index contributed by atoms with van der Waals surface area (Å²) in [7, 11) is 1.65. The molecule has 0 aromatic carbocycles. The van der Waals surface area contributed by atoms with Crippen LogP contribution in [0.5, 0.6) is 0 Å². The van der Waals surface area contributed by atoms with Crippen LogP contribution in [-0.4, -0.2) is 81.7 Å². The minimum absolute atomic E-state index is 0.0130. The number of methoxy groups -OCH3 is 1. The molecule has 0 spiro atoms. The van der Waals surface area contributed by atoms with Gasteiger partial charge in [-0.15, -0.1) is 5.10 Å². The molecule has 0 aliphatic carbocycles. The number of rotatable bonds is 7. The van der Waals surface area contributed by atoms with Crippen LogP contribution in [0.15, 0.2) is 18.5 Å². The molecular weight excluding hydrogens is 348 g/mol. The number of tetrazole rings is 1. The molecule has 0 radical (unpaired) electrons. The van der Waals surface area contributed by atoms with Gasteiger partial charge in [-0.25, -0.2) is 4.68 Å². The molecule has 0 bridgehead atoms. The molecule has 2 aliphatic heterocycles. The molecule has 27 heavy (non-hydrogen) atoms. The zero-order valence-electron chi connectivity index (χ0n) is 15.9. The molecule has 1 atom stereocenters. The Bertz CT molecular complexity index is 640. The van der Waals surface area contributed by atoms with Crippen LogP contribution >= 0.6 is 0 Å². The number of aryl methyl sites for hydroxylation is 1. The maximum atomic E-state index is 12.9. The molecule has 1 aromatic rings. The monoisotopic (exact) mass is 376 g/mol. The van der Waals surface area contributed by atoms with Gasteiger partial charge in [0.2, 0.25) is 11.8 Å². The fourth-order valence-electron chi connectivity index (χ4n) is 3.87. The largest absolute Gasteiger partial charge is 0.383 e. The topological polar surface area (TPSA) is 93.4 Å². The van der Waals surface area contributed by atoms with E-state index in [-0.39, 0.29) is 17.7 Å². The van der Waals surface area contributed by atoms with E-state index >= 15 is 0 Å². The lowest BCUT2D eigenvalue weighted by molar-refractivity contribution is -0.138. The van der Waals surface area contributed by atoms with E-state index in [0.29, 0.717) is 51.7 Å². The zero-order valence-corrected chi connectivity index (χ0v) is 15.9. The highest BCUT2D eigenvalue weighted by atomic mass is 16.5. The number of likely N-dealkylation sites (tertiary alicyclic amines) is 1. The number of allylic oxidation sites excluding steroid dienone is 1. The molecule has 2 aliphatic rings. The van der Waals surface area contributed by atoms with Crippen molar-refractivity contribution >= 4 is 11.8 Å². The Hall–Kier alpha value is -2.29. The van der Waals surface area contributed by atoms with Crippen LogP contribution in [0.1, 0.15) is 25.7 Å². The third-order valence-electron chi connectivity index (χ3n) is 5.48. The van der Waals surface area contributed by atoms with Crippen LogP contribution in [0.4, 0.5) is 0 Å². The fraction of sp³-hybridized carbons (Fsp3) is 0.722. The van der Waals surface area contributed by atoms with Gasteiger partial charge in [-0.05, 0) is 35.6 Å². The van der Waals surface area contributed by atoms with Crippen molar-refractivity contribution in [1.82, 2.24) is 30.0 Å². The highest BCUT2D eigenvalue weighted by molar-refractivity contribution is 5.80. The van der Waals surface area contributed by atoms with Gasteiger partial charge in [0.1, 0.15) is 6.33 Å². The Kier molecular flexibility index (Phi) is 6.92. The molecule has 0 unspecified atom stereocenters. The average molecular weight is 376 g/mol. The maximum absolute atomic E-state index is 12.9. The second-order valence-electron chi connectivity index (χ2n) is 7.13.